The molecule has 0 atom stereocenters. The Kier molecular flexibility index (Phi) is 6.10. The monoisotopic (exact) mass is 384 g/mol. The van der Waals surface area contributed by atoms with Crippen LogP contribution in [0.15, 0.2) is 36.4 Å². The highest BCUT2D eigenvalue weighted by molar-refractivity contribution is 6.36. The zero-order valence-corrected chi connectivity index (χ0v) is 15.3. The van der Waals surface area contributed by atoms with Crippen molar-refractivity contribution in [2.45, 2.75) is 19.9 Å². The summed E-state index contributed by atoms with van der Waals surface area (Å²) < 4.78 is 0. The third-order valence-corrected chi connectivity index (χ3v) is 3.79. The van der Waals surface area contributed by atoms with Gasteiger partial charge in [-0.05, 0) is 50.2 Å². The van der Waals surface area contributed by atoms with Crippen LogP contribution in [0.4, 0.5) is 5.69 Å². The van der Waals surface area contributed by atoms with E-state index in [0.29, 0.717) is 31.9 Å². The predicted molar refractivity (Wildman–Crippen MR) is 98.5 cm³/mol. The molecule has 0 bridgehead atoms. The number of amides is 2. The first kappa shape index (κ1) is 18.6. The summed E-state index contributed by atoms with van der Waals surface area (Å²) in [4.78, 5) is 24.4. The van der Waals surface area contributed by atoms with Crippen molar-refractivity contribution in [1.82, 2.24) is 5.32 Å². The van der Waals surface area contributed by atoms with Gasteiger partial charge in [0.25, 0.3) is 11.8 Å². The van der Waals surface area contributed by atoms with Gasteiger partial charge in [0.05, 0.1) is 10.7 Å². The van der Waals surface area contributed by atoms with Crippen molar-refractivity contribution in [2.75, 3.05) is 5.32 Å². The maximum absolute atomic E-state index is 12.3. The molecule has 0 unspecified atom stereocenters. The summed E-state index contributed by atoms with van der Waals surface area (Å²) in [5.41, 5.74) is 1.02. The maximum atomic E-state index is 12.3. The van der Waals surface area contributed by atoms with E-state index in [0.717, 1.165) is 0 Å². The van der Waals surface area contributed by atoms with E-state index >= 15 is 0 Å². The molecule has 0 saturated heterocycles. The molecule has 0 heterocycles. The van der Waals surface area contributed by atoms with Gasteiger partial charge in [0, 0.05) is 27.2 Å². The summed E-state index contributed by atoms with van der Waals surface area (Å²) in [5.74, 6) is -0.675. The Balaban J connectivity index is 2.25. The molecule has 0 aliphatic heterocycles. The van der Waals surface area contributed by atoms with Crippen LogP contribution in [0, 0.1) is 0 Å². The van der Waals surface area contributed by atoms with Gasteiger partial charge in [0.15, 0.2) is 0 Å². The molecule has 7 heteroatoms. The van der Waals surface area contributed by atoms with E-state index in [4.69, 9.17) is 34.8 Å². The highest BCUT2D eigenvalue weighted by Crippen LogP contribution is 2.25. The number of hydrogen-bond donors (Lipinski definition) is 2. The standard InChI is InChI=1S/C17H15Cl3N2O2/c1-9(2)21-16(23)10-3-4-14(20)15(7-10)22-17(24)11-5-12(18)8-13(19)6-11/h3-9H,1-2H3,(H,21,23)(H,22,24). The highest BCUT2D eigenvalue weighted by atomic mass is 35.5. The fraction of sp³-hybridized carbons (Fsp3) is 0.176. The minimum atomic E-state index is -0.428. The molecule has 2 aromatic rings. The van der Waals surface area contributed by atoms with Crippen LogP contribution >= 0.6 is 34.8 Å². The van der Waals surface area contributed by atoms with Crippen LogP contribution in [0.1, 0.15) is 34.6 Å². The van der Waals surface area contributed by atoms with E-state index < -0.39 is 5.91 Å². The maximum Gasteiger partial charge on any atom is 0.255 e. The number of carbonyl (C=O) groups excluding carboxylic acids is 2. The van der Waals surface area contributed by atoms with Gasteiger partial charge in [0.1, 0.15) is 0 Å². The number of benzene rings is 2. The minimum absolute atomic E-state index is 0.000165. The van der Waals surface area contributed by atoms with Gasteiger partial charge in [-0.2, -0.15) is 0 Å². The van der Waals surface area contributed by atoms with Gasteiger partial charge in [-0.15, -0.1) is 0 Å². The second-order valence-corrected chi connectivity index (χ2v) is 6.72. The van der Waals surface area contributed by atoms with Crippen LogP contribution in [0.25, 0.3) is 0 Å². The van der Waals surface area contributed by atoms with Crippen LogP contribution in [0.5, 0.6) is 0 Å². The number of carbonyl (C=O) groups is 2. The largest absolute Gasteiger partial charge is 0.350 e. The summed E-state index contributed by atoms with van der Waals surface area (Å²) in [6, 6.07) is 9.18. The van der Waals surface area contributed by atoms with Gasteiger partial charge < -0.3 is 10.6 Å². The third-order valence-electron chi connectivity index (χ3n) is 3.02. The first-order valence-electron chi connectivity index (χ1n) is 7.14. The molecule has 2 amide bonds. The van der Waals surface area contributed by atoms with Crippen LogP contribution in [0.3, 0.4) is 0 Å². The smallest absolute Gasteiger partial charge is 0.255 e. The van der Waals surface area contributed by atoms with Crippen molar-refractivity contribution in [3.05, 3.63) is 62.6 Å². The lowest BCUT2D eigenvalue weighted by molar-refractivity contribution is 0.0942. The van der Waals surface area contributed by atoms with Gasteiger partial charge in [-0.25, -0.2) is 0 Å². The Morgan fingerprint density at radius 2 is 1.50 bits per heavy atom. The number of hydrogen-bond acceptors (Lipinski definition) is 2. The molecule has 2 rings (SSSR count). The molecule has 0 aliphatic carbocycles. The summed E-state index contributed by atoms with van der Waals surface area (Å²) in [7, 11) is 0. The SMILES string of the molecule is CC(C)NC(=O)c1ccc(Cl)c(NC(=O)c2cc(Cl)cc(Cl)c2)c1. The van der Waals surface area contributed by atoms with Crippen molar-refractivity contribution >= 4 is 52.3 Å². The molecular weight excluding hydrogens is 371 g/mol. The second-order valence-electron chi connectivity index (χ2n) is 5.44. The normalized spacial score (nSPS) is 10.6. The fourth-order valence-electron chi connectivity index (χ4n) is 1.99. The molecular formula is C17H15Cl3N2O2. The van der Waals surface area contributed by atoms with E-state index in [1.807, 2.05) is 13.8 Å². The minimum Gasteiger partial charge on any atom is -0.350 e. The number of anilines is 1. The summed E-state index contributed by atoms with van der Waals surface area (Å²) in [5, 5.41) is 6.46. The lowest BCUT2D eigenvalue weighted by atomic mass is 10.1. The van der Waals surface area contributed by atoms with Crippen molar-refractivity contribution in [1.29, 1.82) is 0 Å². The summed E-state index contributed by atoms with van der Waals surface area (Å²) in [6.45, 7) is 3.72. The third kappa shape index (κ3) is 4.87. The van der Waals surface area contributed by atoms with Crippen molar-refractivity contribution < 1.29 is 9.59 Å². The first-order valence-corrected chi connectivity index (χ1v) is 8.27. The predicted octanol–water partition coefficient (Wildman–Crippen LogP) is 5.04. The first-order chi connectivity index (χ1) is 11.3. The molecule has 0 radical (unpaired) electrons. The number of rotatable bonds is 4. The Morgan fingerprint density at radius 1 is 0.875 bits per heavy atom. The molecule has 0 fully saturated rings. The van der Waals surface area contributed by atoms with Gasteiger partial charge in [0.2, 0.25) is 0 Å². The summed E-state index contributed by atoms with van der Waals surface area (Å²) >= 11 is 17.9. The molecule has 2 aromatic carbocycles. The van der Waals surface area contributed by atoms with Crippen LogP contribution in [-0.2, 0) is 0 Å². The van der Waals surface area contributed by atoms with Gasteiger partial charge in [-0.3, -0.25) is 9.59 Å². The van der Waals surface area contributed by atoms with Crippen molar-refractivity contribution in [3.63, 3.8) is 0 Å². The lowest BCUT2D eigenvalue weighted by Crippen LogP contribution is -2.30. The lowest BCUT2D eigenvalue weighted by Gasteiger charge is -2.12. The Morgan fingerprint density at radius 3 is 2.08 bits per heavy atom. The van der Waals surface area contributed by atoms with Gasteiger partial charge >= 0.3 is 0 Å². The molecule has 2 N–H and O–H groups in total. The molecule has 0 spiro atoms. The molecule has 0 aromatic heterocycles. The van der Waals surface area contributed by atoms with Crippen molar-refractivity contribution in [3.8, 4) is 0 Å². The van der Waals surface area contributed by atoms with Crippen LogP contribution in [-0.4, -0.2) is 17.9 Å². The topological polar surface area (TPSA) is 58.2 Å². The average Bonchev–Trinajstić information content (AvgIpc) is 2.47. The van der Waals surface area contributed by atoms with E-state index in [9.17, 15) is 9.59 Å². The zero-order chi connectivity index (χ0) is 17.9. The average molecular weight is 386 g/mol. The quantitative estimate of drug-likeness (QED) is 0.775. The second kappa shape index (κ2) is 7.88. The number of nitrogens with one attached hydrogen (secondary N) is 2. The molecule has 0 saturated carbocycles. The Hall–Kier alpha value is -1.75. The van der Waals surface area contributed by atoms with E-state index in [-0.39, 0.29) is 11.9 Å². The molecule has 126 valence electrons. The zero-order valence-electron chi connectivity index (χ0n) is 13.0. The molecule has 24 heavy (non-hydrogen) atoms. The molecule has 0 aliphatic rings. The number of halogens is 3. The van der Waals surface area contributed by atoms with Crippen molar-refractivity contribution in [2.24, 2.45) is 0 Å². The fourth-order valence-corrected chi connectivity index (χ4v) is 2.68. The van der Waals surface area contributed by atoms with Crippen LogP contribution < -0.4 is 10.6 Å². The highest BCUT2D eigenvalue weighted by Gasteiger charge is 2.13. The molecule has 4 nitrogen and oxygen atoms in total. The van der Waals surface area contributed by atoms with E-state index in [2.05, 4.69) is 10.6 Å². The summed E-state index contributed by atoms with van der Waals surface area (Å²) in [6.07, 6.45) is 0. The Labute approximate surface area is 155 Å². The Bertz CT molecular complexity index is 771. The van der Waals surface area contributed by atoms with Crippen LogP contribution in [0.2, 0.25) is 15.1 Å². The van der Waals surface area contributed by atoms with E-state index in [1.54, 1.807) is 12.1 Å². The van der Waals surface area contributed by atoms with Gasteiger partial charge in [-0.1, -0.05) is 34.8 Å². The van der Waals surface area contributed by atoms with E-state index in [1.165, 1.54) is 24.3 Å².